The van der Waals surface area contributed by atoms with Crippen molar-refractivity contribution in [2.75, 3.05) is 26.2 Å². The van der Waals surface area contributed by atoms with Crippen molar-refractivity contribution >= 4 is 0 Å². The van der Waals surface area contributed by atoms with Gasteiger partial charge in [-0.25, -0.2) is 8.78 Å². The summed E-state index contributed by atoms with van der Waals surface area (Å²) in [5.41, 5.74) is -0.454. The molecule has 1 atom stereocenters. The summed E-state index contributed by atoms with van der Waals surface area (Å²) in [7, 11) is 0. The van der Waals surface area contributed by atoms with Crippen LogP contribution < -0.4 is 0 Å². The first-order valence-corrected chi connectivity index (χ1v) is 5.09. The molecule has 0 aromatic rings. The van der Waals surface area contributed by atoms with Crippen LogP contribution in [0.3, 0.4) is 0 Å². The van der Waals surface area contributed by atoms with Gasteiger partial charge in [0.25, 0.3) is 6.43 Å². The fraction of sp³-hybridized carbons (Fsp3) is 1.00. The largest absolute Gasteiger partial charge is 0.395 e. The lowest BCUT2D eigenvalue weighted by atomic mass is 9.87. The molecule has 0 aliphatic heterocycles. The van der Waals surface area contributed by atoms with E-state index in [1.54, 1.807) is 6.92 Å². The van der Waals surface area contributed by atoms with E-state index in [-0.39, 0.29) is 19.7 Å². The second-order valence-corrected chi connectivity index (χ2v) is 4.51. The van der Waals surface area contributed by atoms with E-state index in [0.29, 0.717) is 6.54 Å². The molecule has 3 nitrogen and oxygen atoms in total. The molecule has 0 rings (SSSR count). The smallest absolute Gasteiger partial charge is 0.251 e. The van der Waals surface area contributed by atoms with Gasteiger partial charge in [-0.2, -0.15) is 0 Å². The van der Waals surface area contributed by atoms with E-state index >= 15 is 0 Å². The number of halogens is 2. The molecule has 15 heavy (non-hydrogen) atoms. The van der Waals surface area contributed by atoms with E-state index in [0.717, 1.165) is 0 Å². The summed E-state index contributed by atoms with van der Waals surface area (Å²) in [6.45, 7) is 5.30. The van der Waals surface area contributed by atoms with Crippen molar-refractivity contribution in [1.82, 2.24) is 4.90 Å². The SMILES string of the molecule is CC(O)C(C)(C)CN(CCO)CC(F)F. The van der Waals surface area contributed by atoms with Crippen molar-refractivity contribution in [2.24, 2.45) is 5.41 Å². The Balaban J connectivity index is 4.26. The molecule has 0 heterocycles. The molecule has 5 heteroatoms. The molecule has 0 aliphatic rings. The Morgan fingerprint density at radius 1 is 1.33 bits per heavy atom. The minimum atomic E-state index is -2.42. The van der Waals surface area contributed by atoms with Crippen molar-refractivity contribution in [3.63, 3.8) is 0 Å². The third-order valence-electron chi connectivity index (χ3n) is 2.57. The average Bonchev–Trinajstić information content (AvgIpc) is 2.01. The van der Waals surface area contributed by atoms with Crippen LogP contribution in [-0.4, -0.2) is 53.9 Å². The maximum Gasteiger partial charge on any atom is 0.251 e. The summed E-state index contributed by atoms with van der Waals surface area (Å²) in [4.78, 5) is 1.47. The van der Waals surface area contributed by atoms with Crippen LogP contribution in [0.25, 0.3) is 0 Å². The lowest BCUT2D eigenvalue weighted by Gasteiger charge is -2.34. The van der Waals surface area contributed by atoms with Crippen LogP contribution in [0, 0.1) is 5.41 Å². The minimum Gasteiger partial charge on any atom is -0.395 e. The normalized spacial score (nSPS) is 15.0. The molecule has 0 fully saturated rings. The van der Waals surface area contributed by atoms with Crippen LogP contribution >= 0.6 is 0 Å². The maximum absolute atomic E-state index is 12.2. The fourth-order valence-electron chi connectivity index (χ4n) is 1.28. The number of nitrogens with zero attached hydrogens (tertiary/aromatic N) is 1. The van der Waals surface area contributed by atoms with Crippen molar-refractivity contribution in [2.45, 2.75) is 33.3 Å². The highest BCUT2D eigenvalue weighted by molar-refractivity contribution is 4.79. The first-order valence-electron chi connectivity index (χ1n) is 5.09. The van der Waals surface area contributed by atoms with Crippen molar-refractivity contribution in [1.29, 1.82) is 0 Å². The molecule has 1 unspecified atom stereocenters. The Kier molecular flexibility index (Phi) is 6.24. The molecule has 0 aromatic heterocycles. The van der Waals surface area contributed by atoms with Crippen LogP contribution in [-0.2, 0) is 0 Å². The number of aliphatic hydroxyl groups excluding tert-OH is 2. The average molecular weight is 225 g/mol. The third-order valence-corrected chi connectivity index (χ3v) is 2.57. The molecule has 0 saturated carbocycles. The summed E-state index contributed by atoms with van der Waals surface area (Å²) in [6.07, 6.45) is -2.99. The zero-order chi connectivity index (χ0) is 12.1. The second-order valence-electron chi connectivity index (χ2n) is 4.51. The van der Waals surface area contributed by atoms with Gasteiger partial charge < -0.3 is 10.2 Å². The molecular formula is C10H21F2NO2. The van der Waals surface area contributed by atoms with E-state index in [4.69, 9.17) is 5.11 Å². The Morgan fingerprint density at radius 3 is 2.20 bits per heavy atom. The first-order chi connectivity index (χ1) is 6.79. The molecule has 0 saturated heterocycles. The Hall–Kier alpha value is -0.260. The van der Waals surface area contributed by atoms with Crippen LogP contribution in [0.2, 0.25) is 0 Å². The quantitative estimate of drug-likeness (QED) is 0.678. The predicted octanol–water partition coefficient (Wildman–Crippen LogP) is 0.953. The molecule has 0 aliphatic carbocycles. The van der Waals surface area contributed by atoms with Gasteiger partial charge in [-0.1, -0.05) is 13.8 Å². The summed E-state index contributed by atoms with van der Waals surface area (Å²) < 4.78 is 24.4. The molecule has 92 valence electrons. The van der Waals surface area contributed by atoms with E-state index in [9.17, 15) is 13.9 Å². The van der Waals surface area contributed by atoms with Crippen molar-refractivity contribution < 1.29 is 19.0 Å². The van der Waals surface area contributed by atoms with Gasteiger partial charge >= 0.3 is 0 Å². The van der Waals surface area contributed by atoms with Gasteiger partial charge in [-0.05, 0) is 6.92 Å². The highest BCUT2D eigenvalue weighted by Gasteiger charge is 2.27. The monoisotopic (exact) mass is 225 g/mol. The van der Waals surface area contributed by atoms with Gasteiger partial charge in [0.05, 0.1) is 19.3 Å². The second kappa shape index (κ2) is 6.35. The Morgan fingerprint density at radius 2 is 1.87 bits per heavy atom. The van der Waals surface area contributed by atoms with Gasteiger partial charge in [0, 0.05) is 18.5 Å². The van der Waals surface area contributed by atoms with Crippen LogP contribution in [0.15, 0.2) is 0 Å². The predicted molar refractivity (Wildman–Crippen MR) is 55.0 cm³/mol. The zero-order valence-corrected chi connectivity index (χ0v) is 9.58. The van der Waals surface area contributed by atoms with Gasteiger partial charge in [-0.15, -0.1) is 0 Å². The van der Waals surface area contributed by atoms with Crippen LogP contribution in [0.5, 0.6) is 0 Å². The molecule has 0 bridgehead atoms. The van der Waals surface area contributed by atoms with E-state index in [1.807, 2.05) is 13.8 Å². The number of rotatable bonds is 7. The topological polar surface area (TPSA) is 43.7 Å². The van der Waals surface area contributed by atoms with Crippen LogP contribution in [0.4, 0.5) is 8.78 Å². The molecule has 0 radical (unpaired) electrons. The van der Waals surface area contributed by atoms with Gasteiger partial charge in [0.15, 0.2) is 0 Å². The number of hydrogen-bond donors (Lipinski definition) is 2. The maximum atomic E-state index is 12.2. The van der Waals surface area contributed by atoms with E-state index in [1.165, 1.54) is 4.90 Å². The van der Waals surface area contributed by atoms with Crippen molar-refractivity contribution in [3.05, 3.63) is 0 Å². The summed E-state index contributed by atoms with van der Waals surface area (Å²) in [6, 6.07) is 0. The van der Waals surface area contributed by atoms with Gasteiger partial charge in [0.1, 0.15) is 0 Å². The third kappa shape index (κ3) is 6.02. The number of hydrogen-bond acceptors (Lipinski definition) is 3. The Bertz CT molecular complexity index is 175. The lowest BCUT2D eigenvalue weighted by Crippen LogP contribution is -2.43. The fourth-order valence-corrected chi connectivity index (χ4v) is 1.28. The van der Waals surface area contributed by atoms with E-state index < -0.39 is 17.9 Å². The Labute approximate surface area is 89.7 Å². The minimum absolute atomic E-state index is 0.150. The summed E-state index contributed by atoms with van der Waals surface area (Å²) >= 11 is 0. The molecule has 0 aromatic carbocycles. The highest BCUT2D eigenvalue weighted by atomic mass is 19.3. The van der Waals surface area contributed by atoms with Gasteiger partial charge in [0.2, 0.25) is 0 Å². The summed E-state index contributed by atoms with van der Waals surface area (Å²) in [5.74, 6) is 0. The first kappa shape index (κ1) is 14.7. The van der Waals surface area contributed by atoms with Crippen molar-refractivity contribution in [3.8, 4) is 0 Å². The zero-order valence-electron chi connectivity index (χ0n) is 9.58. The molecule has 2 N–H and O–H groups in total. The summed E-state index contributed by atoms with van der Waals surface area (Å²) in [5, 5.41) is 18.2. The number of aliphatic hydroxyl groups is 2. The molecule has 0 spiro atoms. The van der Waals surface area contributed by atoms with E-state index in [2.05, 4.69) is 0 Å². The standard InChI is InChI=1S/C10H21F2NO2/c1-8(15)10(2,3)7-13(4-5-14)6-9(11)12/h8-9,14-15H,4-7H2,1-3H3. The highest BCUT2D eigenvalue weighted by Crippen LogP contribution is 2.22. The molecule has 0 amide bonds. The van der Waals surface area contributed by atoms with Crippen LogP contribution in [0.1, 0.15) is 20.8 Å². The lowest BCUT2D eigenvalue weighted by molar-refractivity contribution is 0.00842. The van der Waals surface area contributed by atoms with Gasteiger partial charge in [-0.3, -0.25) is 4.90 Å². The number of alkyl halides is 2. The molecular weight excluding hydrogens is 204 g/mol.